The Kier molecular flexibility index (Phi) is 3.60. The molecular weight excluding hydrogens is 364 g/mol. The van der Waals surface area contributed by atoms with E-state index < -0.39 is 5.97 Å². The molecule has 3 aromatic rings. The molecule has 0 saturated heterocycles. The third-order valence-corrected chi connectivity index (χ3v) is 5.08. The molecule has 0 atom stereocenters. The van der Waals surface area contributed by atoms with Gasteiger partial charge >= 0.3 is 5.97 Å². The number of esters is 1. The number of carbonyl (C=O) groups excluding carboxylic acids is 1. The highest BCUT2D eigenvalue weighted by molar-refractivity contribution is 6.17. The maximum atomic E-state index is 12.7. The first-order valence-electron chi connectivity index (χ1n) is 8.64. The van der Waals surface area contributed by atoms with Crippen molar-refractivity contribution in [1.82, 2.24) is 0 Å². The molecule has 5 rings (SSSR count). The van der Waals surface area contributed by atoms with E-state index in [4.69, 9.17) is 23.7 Å². The minimum Gasteiger partial charge on any atom is -0.493 e. The zero-order chi connectivity index (χ0) is 19.4. The lowest BCUT2D eigenvalue weighted by Crippen LogP contribution is -2.03. The van der Waals surface area contributed by atoms with Gasteiger partial charge in [0.15, 0.2) is 23.0 Å². The van der Waals surface area contributed by atoms with Crippen molar-refractivity contribution in [2.75, 3.05) is 21.0 Å². The van der Waals surface area contributed by atoms with Crippen LogP contribution in [0.25, 0.3) is 21.9 Å². The first kappa shape index (κ1) is 16.7. The van der Waals surface area contributed by atoms with E-state index in [-0.39, 0.29) is 13.4 Å². The first-order valence-corrected chi connectivity index (χ1v) is 8.64. The second kappa shape index (κ2) is 6.03. The maximum absolute atomic E-state index is 12.7. The number of methoxy groups -OCH3 is 2. The topological polar surface area (TPSA) is 83.5 Å². The van der Waals surface area contributed by atoms with Gasteiger partial charge in [0.1, 0.15) is 5.75 Å². The summed E-state index contributed by atoms with van der Waals surface area (Å²) in [6.07, 6.45) is 0. The van der Waals surface area contributed by atoms with E-state index in [1.54, 1.807) is 32.4 Å². The maximum Gasteiger partial charge on any atom is 0.344 e. The molecule has 1 N–H and O–H groups in total. The fourth-order valence-electron chi connectivity index (χ4n) is 3.83. The van der Waals surface area contributed by atoms with Gasteiger partial charge in [0, 0.05) is 16.5 Å². The van der Waals surface area contributed by atoms with Gasteiger partial charge in [-0.05, 0) is 35.2 Å². The lowest BCUT2D eigenvalue weighted by molar-refractivity contribution is 0.0757. The van der Waals surface area contributed by atoms with Crippen LogP contribution in [-0.4, -0.2) is 32.1 Å². The minimum absolute atomic E-state index is 0.131. The molecule has 3 aromatic carbocycles. The largest absolute Gasteiger partial charge is 0.493 e. The molecule has 0 amide bonds. The van der Waals surface area contributed by atoms with Crippen molar-refractivity contribution >= 4 is 16.7 Å². The van der Waals surface area contributed by atoms with Crippen LogP contribution in [0, 0.1) is 0 Å². The molecule has 0 aromatic heterocycles. The fraction of sp³-hybridized carbons (Fsp3) is 0.190. The zero-order valence-corrected chi connectivity index (χ0v) is 15.2. The van der Waals surface area contributed by atoms with Gasteiger partial charge in [-0.2, -0.15) is 0 Å². The van der Waals surface area contributed by atoms with Gasteiger partial charge in [-0.25, -0.2) is 4.79 Å². The van der Waals surface area contributed by atoms with Gasteiger partial charge in [0.05, 0.1) is 26.4 Å². The predicted molar refractivity (Wildman–Crippen MR) is 99.5 cm³/mol. The summed E-state index contributed by atoms with van der Waals surface area (Å²) in [4.78, 5) is 12.7. The van der Waals surface area contributed by atoms with Gasteiger partial charge in [-0.15, -0.1) is 0 Å². The van der Waals surface area contributed by atoms with Crippen LogP contribution in [0.4, 0.5) is 0 Å². The molecule has 2 bridgehead atoms. The third-order valence-electron chi connectivity index (χ3n) is 5.08. The van der Waals surface area contributed by atoms with Crippen molar-refractivity contribution in [3.63, 3.8) is 0 Å². The molecule has 7 heteroatoms. The van der Waals surface area contributed by atoms with Crippen molar-refractivity contribution in [1.29, 1.82) is 0 Å². The summed E-state index contributed by atoms with van der Waals surface area (Å²) in [7, 11) is 3.11. The highest BCUT2D eigenvalue weighted by atomic mass is 16.7. The standard InChI is InChI=1S/C21H16O7/c1-24-14-4-3-10(5-15(14)25-2)18-11-6-16-17(27-9-26-16)7-12(11)20-13(8-22)19(18)21(23)28-20/h3-7,22H,8-9H2,1-2H3. The number of carbonyl (C=O) groups is 1. The Balaban J connectivity index is 1.89. The molecule has 28 heavy (non-hydrogen) atoms. The smallest absolute Gasteiger partial charge is 0.344 e. The van der Waals surface area contributed by atoms with Crippen LogP contribution in [0.3, 0.4) is 0 Å². The van der Waals surface area contributed by atoms with E-state index in [1.807, 2.05) is 12.1 Å². The van der Waals surface area contributed by atoms with E-state index in [9.17, 15) is 9.90 Å². The summed E-state index contributed by atoms with van der Waals surface area (Å²) in [5.41, 5.74) is 2.18. The molecule has 2 aliphatic rings. The molecule has 0 spiro atoms. The van der Waals surface area contributed by atoms with Gasteiger partial charge in [-0.3, -0.25) is 0 Å². The molecule has 0 fully saturated rings. The van der Waals surface area contributed by atoms with Crippen LogP contribution in [0.2, 0.25) is 0 Å². The van der Waals surface area contributed by atoms with E-state index in [1.165, 1.54) is 0 Å². The highest BCUT2D eigenvalue weighted by Gasteiger charge is 2.34. The van der Waals surface area contributed by atoms with Crippen LogP contribution in [0.5, 0.6) is 28.7 Å². The average molecular weight is 380 g/mol. The van der Waals surface area contributed by atoms with Crippen molar-refractivity contribution in [2.24, 2.45) is 0 Å². The number of benzene rings is 3. The molecule has 0 saturated carbocycles. The lowest BCUT2D eigenvalue weighted by Gasteiger charge is -2.14. The number of ether oxygens (including phenoxy) is 5. The summed E-state index contributed by atoms with van der Waals surface area (Å²) < 4.78 is 27.2. The number of aliphatic hydroxyl groups is 1. The number of hydrogen-bond donors (Lipinski definition) is 1. The third kappa shape index (κ3) is 2.16. The Labute approximate surface area is 160 Å². The van der Waals surface area contributed by atoms with Gasteiger partial charge in [-0.1, -0.05) is 6.07 Å². The van der Waals surface area contributed by atoms with Gasteiger partial charge in [0.25, 0.3) is 0 Å². The van der Waals surface area contributed by atoms with Crippen molar-refractivity contribution in [3.05, 3.63) is 41.5 Å². The van der Waals surface area contributed by atoms with Gasteiger partial charge < -0.3 is 28.8 Å². The molecule has 0 radical (unpaired) electrons. The number of hydrogen-bond acceptors (Lipinski definition) is 7. The Morgan fingerprint density at radius 3 is 2.36 bits per heavy atom. The van der Waals surface area contributed by atoms with E-state index in [0.29, 0.717) is 50.8 Å². The van der Waals surface area contributed by atoms with Crippen LogP contribution in [-0.2, 0) is 6.61 Å². The van der Waals surface area contributed by atoms with Crippen molar-refractivity contribution in [2.45, 2.75) is 6.61 Å². The lowest BCUT2D eigenvalue weighted by atomic mass is 9.90. The summed E-state index contributed by atoms with van der Waals surface area (Å²) in [5, 5.41) is 11.4. The molecular formula is C21H16O7. The fourth-order valence-corrected chi connectivity index (χ4v) is 3.83. The highest BCUT2D eigenvalue weighted by Crippen LogP contribution is 2.50. The molecule has 0 unspecified atom stereocenters. The minimum atomic E-state index is -0.498. The van der Waals surface area contributed by atoms with Crippen LogP contribution < -0.4 is 23.7 Å². The number of rotatable bonds is 4. The molecule has 7 nitrogen and oxygen atoms in total. The monoisotopic (exact) mass is 380 g/mol. The van der Waals surface area contributed by atoms with Crippen LogP contribution in [0.1, 0.15) is 15.9 Å². The number of fused-ring (bicyclic) bond motifs is 5. The first-order chi connectivity index (χ1) is 13.7. The number of aliphatic hydroxyl groups excluding tert-OH is 1. The summed E-state index contributed by atoms with van der Waals surface area (Å²) in [6.45, 7) is -0.187. The second-order valence-electron chi connectivity index (χ2n) is 6.43. The van der Waals surface area contributed by atoms with E-state index in [2.05, 4.69) is 0 Å². The van der Waals surface area contributed by atoms with E-state index >= 15 is 0 Å². The summed E-state index contributed by atoms with van der Waals surface area (Å²) in [6, 6.07) is 9.01. The average Bonchev–Trinajstić information content (AvgIpc) is 3.28. The Morgan fingerprint density at radius 1 is 0.964 bits per heavy atom. The SMILES string of the molecule is COc1ccc(-c2c3c(CO)c(c4cc5c(cc24)OCO5)OC3=O)cc1OC. The van der Waals surface area contributed by atoms with Crippen molar-refractivity contribution < 1.29 is 33.6 Å². The second-order valence-corrected chi connectivity index (χ2v) is 6.43. The van der Waals surface area contributed by atoms with Crippen molar-refractivity contribution in [3.8, 4) is 39.9 Å². The summed E-state index contributed by atoms with van der Waals surface area (Å²) >= 11 is 0. The molecule has 2 aliphatic heterocycles. The quantitative estimate of drug-likeness (QED) is 0.696. The molecule has 2 heterocycles. The molecule has 142 valence electrons. The van der Waals surface area contributed by atoms with Crippen LogP contribution >= 0.6 is 0 Å². The van der Waals surface area contributed by atoms with E-state index in [0.717, 1.165) is 10.9 Å². The zero-order valence-electron chi connectivity index (χ0n) is 15.2. The van der Waals surface area contributed by atoms with Gasteiger partial charge in [0.2, 0.25) is 6.79 Å². The normalized spacial score (nSPS) is 13.8. The Morgan fingerprint density at radius 2 is 1.68 bits per heavy atom. The predicted octanol–water partition coefficient (Wildman–Crippen LogP) is 3.28. The summed E-state index contributed by atoms with van der Waals surface area (Å²) in [5.74, 6) is 2.13. The molecule has 0 aliphatic carbocycles. The Hall–Kier alpha value is -3.45. The Bertz CT molecular complexity index is 1150. The van der Waals surface area contributed by atoms with Crippen LogP contribution in [0.15, 0.2) is 30.3 Å².